The number of halogens is 4. The van der Waals surface area contributed by atoms with E-state index in [1.165, 1.54) is 5.56 Å². The number of guanidine groups is 1. The summed E-state index contributed by atoms with van der Waals surface area (Å²) in [6.07, 6.45) is -3.86. The van der Waals surface area contributed by atoms with Gasteiger partial charge in [-0.15, -0.1) is 24.0 Å². The minimum atomic E-state index is -4.19. The standard InChI is InChI=1S/C19H27F3N4O.HI/c1-2-23-18(24-10-9-19(20,21)22)25-13-16-12-17(27)26(14-16)11-8-15-6-4-3-5-7-15;/h3-7,16H,2,8-14H2,1H3,(H2,23,24,25);1H. The molecular weight excluding hydrogens is 484 g/mol. The molecule has 9 heteroatoms. The Balaban J connectivity index is 0.00000392. The summed E-state index contributed by atoms with van der Waals surface area (Å²) in [4.78, 5) is 18.4. The molecule has 0 radical (unpaired) electrons. The van der Waals surface area contributed by atoms with Crippen LogP contribution in [-0.2, 0) is 11.2 Å². The quantitative estimate of drug-likeness (QED) is 0.320. The topological polar surface area (TPSA) is 56.7 Å². The molecule has 1 aliphatic heterocycles. The van der Waals surface area contributed by atoms with Crippen LogP contribution in [-0.4, -0.2) is 55.7 Å². The Morgan fingerprint density at radius 2 is 1.96 bits per heavy atom. The van der Waals surface area contributed by atoms with Gasteiger partial charge >= 0.3 is 6.18 Å². The number of aliphatic imine (C=N–C) groups is 1. The number of hydrogen-bond donors (Lipinski definition) is 2. The number of carbonyl (C=O) groups is 1. The van der Waals surface area contributed by atoms with Gasteiger partial charge in [0.25, 0.3) is 0 Å². The van der Waals surface area contributed by atoms with E-state index in [2.05, 4.69) is 15.6 Å². The van der Waals surface area contributed by atoms with Crippen molar-refractivity contribution in [3.63, 3.8) is 0 Å². The molecule has 0 saturated carbocycles. The normalized spacial score (nSPS) is 17.4. The summed E-state index contributed by atoms with van der Waals surface area (Å²) in [7, 11) is 0. The summed E-state index contributed by atoms with van der Waals surface area (Å²) >= 11 is 0. The maximum absolute atomic E-state index is 12.3. The van der Waals surface area contributed by atoms with E-state index in [0.29, 0.717) is 38.6 Å². The predicted molar refractivity (Wildman–Crippen MR) is 115 cm³/mol. The van der Waals surface area contributed by atoms with E-state index < -0.39 is 12.6 Å². The summed E-state index contributed by atoms with van der Waals surface area (Å²) < 4.78 is 36.8. The van der Waals surface area contributed by atoms with Gasteiger partial charge in [-0.1, -0.05) is 30.3 Å². The van der Waals surface area contributed by atoms with Gasteiger partial charge in [-0.3, -0.25) is 9.79 Å². The lowest BCUT2D eigenvalue weighted by molar-refractivity contribution is -0.133. The van der Waals surface area contributed by atoms with Gasteiger partial charge in [0.1, 0.15) is 0 Å². The summed E-state index contributed by atoms with van der Waals surface area (Å²) in [6.45, 7) is 3.91. The molecule has 0 aromatic heterocycles. The molecule has 1 atom stereocenters. The second kappa shape index (κ2) is 12.1. The number of amides is 1. The van der Waals surface area contributed by atoms with Crippen molar-refractivity contribution < 1.29 is 18.0 Å². The van der Waals surface area contributed by atoms with E-state index in [9.17, 15) is 18.0 Å². The van der Waals surface area contributed by atoms with Crippen molar-refractivity contribution in [1.82, 2.24) is 15.5 Å². The molecule has 0 spiro atoms. The fourth-order valence-corrected chi connectivity index (χ4v) is 2.99. The van der Waals surface area contributed by atoms with Gasteiger partial charge in [-0.05, 0) is 18.9 Å². The minimum absolute atomic E-state index is 0. The number of alkyl halides is 3. The summed E-state index contributed by atoms with van der Waals surface area (Å²) in [6, 6.07) is 10.00. The third kappa shape index (κ3) is 9.11. The third-order valence-electron chi connectivity index (χ3n) is 4.36. The lowest BCUT2D eigenvalue weighted by Gasteiger charge is -2.16. The molecule has 1 fully saturated rings. The summed E-state index contributed by atoms with van der Waals surface area (Å²) in [5.74, 6) is 0.560. The van der Waals surface area contributed by atoms with Crippen LogP contribution in [0.5, 0.6) is 0 Å². The van der Waals surface area contributed by atoms with E-state index in [-0.39, 0.29) is 42.3 Å². The summed E-state index contributed by atoms with van der Waals surface area (Å²) in [5.41, 5.74) is 1.19. The maximum atomic E-state index is 12.3. The zero-order chi connectivity index (χ0) is 19.7. The minimum Gasteiger partial charge on any atom is -0.357 e. The zero-order valence-corrected chi connectivity index (χ0v) is 18.3. The van der Waals surface area contributed by atoms with E-state index in [4.69, 9.17) is 0 Å². The van der Waals surface area contributed by atoms with Crippen molar-refractivity contribution in [3.05, 3.63) is 35.9 Å². The molecule has 2 N–H and O–H groups in total. The Morgan fingerprint density at radius 3 is 2.61 bits per heavy atom. The van der Waals surface area contributed by atoms with E-state index in [1.54, 1.807) is 0 Å². The highest BCUT2D eigenvalue weighted by atomic mass is 127. The molecule has 0 bridgehead atoms. The average Bonchev–Trinajstić information content (AvgIpc) is 2.97. The first kappa shape index (κ1) is 24.5. The van der Waals surface area contributed by atoms with Gasteiger partial charge in [0.2, 0.25) is 5.91 Å². The first-order chi connectivity index (χ1) is 12.9. The first-order valence-electron chi connectivity index (χ1n) is 9.28. The Kier molecular flexibility index (Phi) is 10.6. The smallest absolute Gasteiger partial charge is 0.357 e. The Morgan fingerprint density at radius 1 is 1.25 bits per heavy atom. The van der Waals surface area contributed by atoms with Crippen LogP contribution in [0.2, 0.25) is 0 Å². The van der Waals surface area contributed by atoms with Crippen LogP contribution in [0, 0.1) is 5.92 Å². The number of rotatable bonds is 8. The second-order valence-corrected chi connectivity index (χ2v) is 6.66. The second-order valence-electron chi connectivity index (χ2n) is 6.66. The highest BCUT2D eigenvalue weighted by Crippen LogP contribution is 2.19. The zero-order valence-electron chi connectivity index (χ0n) is 16.0. The number of carbonyl (C=O) groups excluding carboxylic acids is 1. The Bertz CT molecular complexity index is 625. The lowest BCUT2D eigenvalue weighted by Crippen LogP contribution is -2.39. The van der Waals surface area contributed by atoms with Crippen LogP contribution in [0.4, 0.5) is 13.2 Å². The Hall–Kier alpha value is -1.52. The molecule has 28 heavy (non-hydrogen) atoms. The maximum Gasteiger partial charge on any atom is 0.390 e. The van der Waals surface area contributed by atoms with Crippen LogP contribution < -0.4 is 10.6 Å². The average molecular weight is 512 g/mol. The summed E-state index contributed by atoms with van der Waals surface area (Å²) in [5, 5.41) is 5.63. The highest BCUT2D eigenvalue weighted by molar-refractivity contribution is 14.0. The van der Waals surface area contributed by atoms with E-state index in [0.717, 1.165) is 6.42 Å². The van der Waals surface area contributed by atoms with Crippen molar-refractivity contribution in [1.29, 1.82) is 0 Å². The molecule has 158 valence electrons. The molecule has 0 aliphatic carbocycles. The molecule has 1 aliphatic rings. The monoisotopic (exact) mass is 512 g/mol. The molecule has 1 heterocycles. The molecule has 1 saturated heterocycles. The van der Waals surface area contributed by atoms with Crippen LogP contribution in [0.1, 0.15) is 25.3 Å². The van der Waals surface area contributed by atoms with Crippen LogP contribution in [0.3, 0.4) is 0 Å². The molecule has 5 nitrogen and oxygen atoms in total. The van der Waals surface area contributed by atoms with Crippen molar-refractivity contribution in [2.45, 2.75) is 32.4 Å². The van der Waals surface area contributed by atoms with Gasteiger partial charge in [0.15, 0.2) is 5.96 Å². The van der Waals surface area contributed by atoms with E-state index in [1.807, 2.05) is 42.2 Å². The first-order valence-corrected chi connectivity index (χ1v) is 9.28. The molecule has 2 rings (SSSR count). The van der Waals surface area contributed by atoms with E-state index >= 15 is 0 Å². The lowest BCUT2D eigenvalue weighted by atomic mass is 10.1. The number of nitrogens with one attached hydrogen (secondary N) is 2. The van der Waals surface area contributed by atoms with Crippen LogP contribution in [0.25, 0.3) is 0 Å². The molecule has 1 aromatic rings. The molecule has 1 amide bonds. The van der Waals surface area contributed by atoms with Gasteiger partial charge in [0.05, 0.1) is 6.42 Å². The third-order valence-corrected chi connectivity index (χ3v) is 4.36. The van der Waals surface area contributed by atoms with Gasteiger partial charge in [-0.25, -0.2) is 0 Å². The van der Waals surface area contributed by atoms with Gasteiger partial charge < -0.3 is 15.5 Å². The number of likely N-dealkylation sites (tertiary alicyclic amines) is 1. The van der Waals surface area contributed by atoms with Crippen molar-refractivity contribution in [3.8, 4) is 0 Å². The van der Waals surface area contributed by atoms with Gasteiger partial charge in [-0.2, -0.15) is 13.2 Å². The van der Waals surface area contributed by atoms with Crippen LogP contribution in [0.15, 0.2) is 35.3 Å². The largest absolute Gasteiger partial charge is 0.390 e. The Labute approximate surface area is 181 Å². The highest BCUT2D eigenvalue weighted by Gasteiger charge is 2.29. The molecule has 1 aromatic carbocycles. The molecule has 1 unspecified atom stereocenters. The number of benzene rings is 1. The predicted octanol–water partition coefficient (Wildman–Crippen LogP) is 3.20. The fraction of sp³-hybridized carbons (Fsp3) is 0.579. The fourth-order valence-electron chi connectivity index (χ4n) is 2.99. The SMILES string of the molecule is CCNC(=NCC1CC(=O)N(CCc2ccccc2)C1)NCCC(F)(F)F.I. The number of hydrogen-bond acceptors (Lipinski definition) is 2. The van der Waals surface area contributed by atoms with Crippen molar-refractivity contribution in [2.24, 2.45) is 10.9 Å². The van der Waals surface area contributed by atoms with Gasteiger partial charge in [0, 0.05) is 45.1 Å². The van der Waals surface area contributed by atoms with Crippen molar-refractivity contribution in [2.75, 3.05) is 32.7 Å². The van der Waals surface area contributed by atoms with Crippen LogP contribution >= 0.6 is 24.0 Å². The molecular formula is C19H28F3IN4O. The van der Waals surface area contributed by atoms with Crippen molar-refractivity contribution >= 4 is 35.8 Å². The number of nitrogens with zero attached hydrogens (tertiary/aromatic N) is 2.